The standard InChI is InChI=1S/C17H19N3O2/c1-22-15-6-2-12(3-7-15)8-17(21)18-10-14-9-16(13-4-5-13)20-11-19-14/h2-3,6-7,9,11,13H,4-5,8,10H2,1H3,(H,18,21). The van der Waals surface area contributed by atoms with Gasteiger partial charge in [0.15, 0.2) is 0 Å². The molecule has 1 amide bonds. The fourth-order valence-electron chi connectivity index (χ4n) is 2.29. The van der Waals surface area contributed by atoms with Crippen molar-refractivity contribution < 1.29 is 9.53 Å². The predicted molar refractivity (Wildman–Crippen MR) is 82.6 cm³/mol. The first-order valence-corrected chi connectivity index (χ1v) is 7.45. The number of carbonyl (C=O) groups is 1. The predicted octanol–water partition coefficient (Wildman–Crippen LogP) is 2.22. The molecule has 5 heteroatoms. The van der Waals surface area contributed by atoms with Crippen LogP contribution in [0.2, 0.25) is 0 Å². The Morgan fingerprint density at radius 3 is 2.73 bits per heavy atom. The summed E-state index contributed by atoms with van der Waals surface area (Å²) in [5.74, 6) is 1.37. The van der Waals surface area contributed by atoms with Crippen molar-refractivity contribution in [3.8, 4) is 5.75 Å². The molecule has 0 spiro atoms. The molecule has 3 rings (SSSR count). The molecule has 1 heterocycles. The zero-order valence-electron chi connectivity index (χ0n) is 12.6. The van der Waals surface area contributed by atoms with Gasteiger partial charge in [0, 0.05) is 11.6 Å². The number of aromatic nitrogens is 2. The third kappa shape index (κ3) is 3.81. The third-order valence-corrected chi connectivity index (χ3v) is 3.73. The highest BCUT2D eigenvalue weighted by atomic mass is 16.5. The lowest BCUT2D eigenvalue weighted by Gasteiger charge is -2.06. The van der Waals surface area contributed by atoms with Gasteiger partial charge in [0.2, 0.25) is 5.91 Å². The Balaban J connectivity index is 1.52. The maximum absolute atomic E-state index is 12.0. The number of benzene rings is 1. The van der Waals surface area contributed by atoms with Crippen LogP contribution in [-0.4, -0.2) is 23.0 Å². The van der Waals surface area contributed by atoms with Crippen molar-refractivity contribution in [2.45, 2.75) is 31.7 Å². The van der Waals surface area contributed by atoms with Crippen LogP contribution in [0.1, 0.15) is 35.7 Å². The molecule has 1 aliphatic rings. The van der Waals surface area contributed by atoms with Crippen LogP contribution in [0.15, 0.2) is 36.7 Å². The van der Waals surface area contributed by atoms with E-state index in [4.69, 9.17) is 4.74 Å². The number of hydrogen-bond acceptors (Lipinski definition) is 4. The summed E-state index contributed by atoms with van der Waals surface area (Å²) in [5.41, 5.74) is 2.91. The van der Waals surface area contributed by atoms with E-state index in [0.29, 0.717) is 18.9 Å². The number of rotatable bonds is 6. The van der Waals surface area contributed by atoms with Crippen LogP contribution in [0.25, 0.3) is 0 Å². The summed E-state index contributed by atoms with van der Waals surface area (Å²) >= 11 is 0. The molecule has 0 saturated heterocycles. The monoisotopic (exact) mass is 297 g/mol. The van der Waals surface area contributed by atoms with E-state index >= 15 is 0 Å². The van der Waals surface area contributed by atoms with Crippen molar-refractivity contribution in [1.82, 2.24) is 15.3 Å². The second-order valence-corrected chi connectivity index (χ2v) is 5.51. The van der Waals surface area contributed by atoms with E-state index in [1.54, 1.807) is 13.4 Å². The minimum atomic E-state index is -0.0169. The number of methoxy groups -OCH3 is 1. The number of carbonyl (C=O) groups excluding carboxylic acids is 1. The third-order valence-electron chi connectivity index (χ3n) is 3.73. The smallest absolute Gasteiger partial charge is 0.224 e. The molecule has 1 N–H and O–H groups in total. The minimum Gasteiger partial charge on any atom is -0.497 e. The van der Waals surface area contributed by atoms with E-state index in [-0.39, 0.29) is 5.91 Å². The van der Waals surface area contributed by atoms with Crippen LogP contribution in [0.5, 0.6) is 5.75 Å². The van der Waals surface area contributed by atoms with Gasteiger partial charge in [0.25, 0.3) is 0 Å². The van der Waals surface area contributed by atoms with E-state index in [0.717, 1.165) is 22.7 Å². The number of nitrogens with zero attached hydrogens (tertiary/aromatic N) is 2. The van der Waals surface area contributed by atoms with E-state index in [1.807, 2.05) is 30.3 Å². The summed E-state index contributed by atoms with van der Waals surface area (Å²) < 4.78 is 5.10. The van der Waals surface area contributed by atoms with Gasteiger partial charge >= 0.3 is 0 Å². The molecule has 1 aromatic carbocycles. The quantitative estimate of drug-likeness (QED) is 0.888. The van der Waals surface area contributed by atoms with E-state index in [9.17, 15) is 4.79 Å². The van der Waals surface area contributed by atoms with Gasteiger partial charge < -0.3 is 10.1 Å². The van der Waals surface area contributed by atoms with Crippen molar-refractivity contribution in [3.63, 3.8) is 0 Å². The molecule has 5 nitrogen and oxygen atoms in total. The summed E-state index contributed by atoms with van der Waals surface area (Å²) in [6, 6.07) is 9.50. The molecule has 0 unspecified atom stereocenters. The van der Waals surface area contributed by atoms with Gasteiger partial charge in [-0.05, 0) is 36.6 Å². The summed E-state index contributed by atoms with van der Waals surface area (Å²) in [4.78, 5) is 20.5. The number of ether oxygens (including phenoxy) is 1. The highest BCUT2D eigenvalue weighted by Crippen LogP contribution is 2.38. The summed E-state index contributed by atoms with van der Waals surface area (Å²) in [6.07, 6.45) is 4.35. The van der Waals surface area contributed by atoms with Crippen molar-refractivity contribution in [2.24, 2.45) is 0 Å². The van der Waals surface area contributed by atoms with Crippen molar-refractivity contribution in [1.29, 1.82) is 0 Å². The Hall–Kier alpha value is -2.43. The van der Waals surface area contributed by atoms with Crippen LogP contribution in [0.4, 0.5) is 0 Å². The summed E-state index contributed by atoms with van der Waals surface area (Å²) in [7, 11) is 1.62. The molecule has 1 saturated carbocycles. The molecule has 2 aromatic rings. The second kappa shape index (κ2) is 6.56. The summed E-state index contributed by atoms with van der Waals surface area (Å²) in [5, 5.41) is 2.90. The summed E-state index contributed by atoms with van der Waals surface area (Å²) in [6.45, 7) is 0.442. The van der Waals surface area contributed by atoms with Gasteiger partial charge in [-0.25, -0.2) is 9.97 Å². The molecule has 22 heavy (non-hydrogen) atoms. The van der Waals surface area contributed by atoms with Gasteiger partial charge in [-0.15, -0.1) is 0 Å². The number of hydrogen-bond donors (Lipinski definition) is 1. The van der Waals surface area contributed by atoms with Gasteiger partial charge in [0.05, 0.1) is 25.8 Å². The Kier molecular flexibility index (Phi) is 4.32. The second-order valence-electron chi connectivity index (χ2n) is 5.51. The van der Waals surface area contributed by atoms with E-state index in [2.05, 4.69) is 15.3 Å². The average Bonchev–Trinajstić information content (AvgIpc) is 3.39. The Morgan fingerprint density at radius 1 is 1.27 bits per heavy atom. The molecule has 114 valence electrons. The SMILES string of the molecule is COc1ccc(CC(=O)NCc2cc(C3CC3)ncn2)cc1. The Morgan fingerprint density at radius 2 is 2.05 bits per heavy atom. The van der Waals surface area contributed by atoms with Crippen molar-refractivity contribution in [2.75, 3.05) is 7.11 Å². The fraction of sp³-hybridized carbons (Fsp3) is 0.353. The van der Waals surface area contributed by atoms with Crippen LogP contribution in [0.3, 0.4) is 0 Å². The fourth-order valence-corrected chi connectivity index (χ4v) is 2.29. The highest BCUT2D eigenvalue weighted by molar-refractivity contribution is 5.78. The molecular weight excluding hydrogens is 278 g/mol. The van der Waals surface area contributed by atoms with Gasteiger partial charge in [-0.1, -0.05) is 12.1 Å². The van der Waals surface area contributed by atoms with Crippen LogP contribution in [0, 0.1) is 0 Å². The molecular formula is C17H19N3O2. The minimum absolute atomic E-state index is 0.0169. The molecule has 0 bridgehead atoms. The lowest BCUT2D eigenvalue weighted by molar-refractivity contribution is -0.120. The molecule has 0 atom stereocenters. The van der Waals surface area contributed by atoms with Crippen molar-refractivity contribution >= 4 is 5.91 Å². The molecule has 1 aromatic heterocycles. The normalized spacial score (nSPS) is 13.7. The largest absolute Gasteiger partial charge is 0.497 e. The first kappa shape index (κ1) is 14.5. The maximum atomic E-state index is 12.0. The maximum Gasteiger partial charge on any atom is 0.224 e. The topological polar surface area (TPSA) is 64.1 Å². The van der Waals surface area contributed by atoms with Gasteiger partial charge in [-0.2, -0.15) is 0 Å². The molecule has 1 aliphatic carbocycles. The van der Waals surface area contributed by atoms with Gasteiger partial charge in [-0.3, -0.25) is 4.79 Å². The number of amides is 1. The van der Waals surface area contributed by atoms with Crippen molar-refractivity contribution in [3.05, 3.63) is 53.6 Å². The Bertz CT molecular complexity index is 651. The van der Waals surface area contributed by atoms with E-state index < -0.39 is 0 Å². The molecule has 1 fully saturated rings. The zero-order valence-corrected chi connectivity index (χ0v) is 12.6. The first-order chi connectivity index (χ1) is 10.7. The van der Waals surface area contributed by atoms with Crippen LogP contribution >= 0.6 is 0 Å². The van der Waals surface area contributed by atoms with Crippen LogP contribution in [-0.2, 0) is 17.8 Å². The first-order valence-electron chi connectivity index (χ1n) is 7.45. The lowest BCUT2D eigenvalue weighted by atomic mass is 10.1. The number of nitrogens with one attached hydrogen (secondary N) is 1. The molecule has 0 radical (unpaired) electrons. The highest BCUT2D eigenvalue weighted by Gasteiger charge is 2.25. The van der Waals surface area contributed by atoms with Gasteiger partial charge in [0.1, 0.15) is 12.1 Å². The Labute approximate surface area is 129 Å². The average molecular weight is 297 g/mol. The molecule has 0 aliphatic heterocycles. The van der Waals surface area contributed by atoms with E-state index in [1.165, 1.54) is 12.8 Å². The lowest BCUT2D eigenvalue weighted by Crippen LogP contribution is -2.25. The zero-order chi connectivity index (χ0) is 15.4. The van der Waals surface area contributed by atoms with Crippen LogP contribution < -0.4 is 10.1 Å².